The van der Waals surface area contributed by atoms with Crippen LogP contribution < -0.4 is 0 Å². The largest absolute Gasteiger partial charge is 0.352 e. The summed E-state index contributed by atoms with van der Waals surface area (Å²) in [7, 11) is 0. The molecular formula is C11H10FNO. The number of benzene rings is 1. The molecule has 0 amide bonds. The number of carbonyl (C=O) groups excluding carboxylic acids is 1. The van der Waals surface area contributed by atoms with E-state index in [2.05, 4.69) is 4.98 Å². The van der Waals surface area contributed by atoms with E-state index in [1.165, 1.54) is 6.92 Å². The maximum absolute atomic E-state index is 12.3. The first-order valence-corrected chi connectivity index (χ1v) is 4.39. The number of aromatic amines is 1. The fourth-order valence-corrected chi connectivity index (χ4v) is 1.45. The highest BCUT2D eigenvalue weighted by Gasteiger charge is 2.04. The number of aromatic nitrogens is 1. The third-order valence-corrected chi connectivity index (χ3v) is 2.22. The molecule has 2 aromatic rings. The zero-order valence-electron chi connectivity index (χ0n) is 7.80. The molecule has 14 heavy (non-hydrogen) atoms. The van der Waals surface area contributed by atoms with Gasteiger partial charge in [0.2, 0.25) is 0 Å². The minimum absolute atomic E-state index is 0.0111. The van der Waals surface area contributed by atoms with Crippen LogP contribution in [0, 0.1) is 0 Å². The summed E-state index contributed by atoms with van der Waals surface area (Å²) < 4.78 is 12.3. The molecule has 3 heteroatoms. The summed E-state index contributed by atoms with van der Waals surface area (Å²) in [4.78, 5) is 14.0. The lowest BCUT2D eigenvalue weighted by Crippen LogP contribution is -1.89. The Morgan fingerprint density at radius 2 is 2.21 bits per heavy atom. The van der Waals surface area contributed by atoms with Crippen molar-refractivity contribution in [2.75, 3.05) is 0 Å². The number of halogens is 1. The van der Waals surface area contributed by atoms with Crippen LogP contribution in [0.5, 0.6) is 0 Å². The molecular weight excluding hydrogens is 181 g/mol. The number of hydrogen-bond donors (Lipinski definition) is 1. The molecule has 0 bridgehead atoms. The molecule has 1 aromatic heterocycles. The Kier molecular flexibility index (Phi) is 2.08. The van der Waals surface area contributed by atoms with Crippen molar-refractivity contribution in [2.45, 2.75) is 13.6 Å². The Labute approximate surface area is 80.7 Å². The molecule has 2 rings (SSSR count). The maximum atomic E-state index is 12.3. The van der Waals surface area contributed by atoms with E-state index in [0.29, 0.717) is 11.3 Å². The van der Waals surface area contributed by atoms with Gasteiger partial charge in [-0.1, -0.05) is 6.07 Å². The summed E-state index contributed by atoms with van der Waals surface area (Å²) in [6.07, 6.45) is 0. The first-order valence-electron chi connectivity index (χ1n) is 4.39. The Hall–Kier alpha value is -1.64. The van der Waals surface area contributed by atoms with Gasteiger partial charge in [0.25, 0.3) is 0 Å². The van der Waals surface area contributed by atoms with Crippen LogP contribution >= 0.6 is 0 Å². The molecule has 0 aliphatic carbocycles. The second-order valence-electron chi connectivity index (χ2n) is 3.29. The van der Waals surface area contributed by atoms with Crippen molar-refractivity contribution < 1.29 is 9.18 Å². The average Bonchev–Trinajstić information content (AvgIpc) is 2.59. The Morgan fingerprint density at radius 3 is 2.86 bits per heavy atom. The summed E-state index contributed by atoms with van der Waals surface area (Å²) in [5.41, 5.74) is 2.06. The van der Waals surface area contributed by atoms with Gasteiger partial charge in [-0.15, -0.1) is 0 Å². The Morgan fingerprint density at radius 1 is 1.43 bits per heavy atom. The molecule has 0 radical (unpaired) electrons. The summed E-state index contributed by atoms with van der Waals surface area (Å²) in [6, 6.07) is 6.99. The number of nitrogens with one attached hydrogen (secondary N) is 1. The van der Waals surface area contributed by atoms with E-state index >= 15 is 0 Å². The van der Waals surface area contributed by atoms with Gasteiger partial charge in [-0.3, -0.25) is 4.79 Å². The van der Waals surface area contributed by atoms with Crippen molar-refractivity contribution in [2.24, 2.45) is 0 Å². The number of Topliss-reactive ketones (excluding diaryl/α,β-unsaturated/α-hetero) is 1. The van der Waals surface area contributed by atoms with Gasteiger partial charge in [-0.2, -0.15) is 0 Å². The van der Waals surface area contributed by atoms with Gasteiger partial charge in [0, 0.05) is 17.8 Å². The standard InChI is InChI=1S/C11H10FNO/c1-7(14)11-5-9-4-8(6-12)2-3-10(9)13-11/h2-5,13H,6H2,1H3. The van der Waals surface area contributed by atoms with E-state index in [1.807, 2.05) is 0 Å². The predicted molar refractivity (Wildman–Crippen MR) is 53.1 cm³/mol. The van der Waals surface area contributed by atoms with Crippen molar-refractivity contribution >= 4 is 16.7 Å². The predicted octanol–water partition coefficient (Wildman–Crippen LogP) is 2.84. The van der Waals surface area contributed by atoms with Gasteiger partial charge in [-0.05, 0) is 23.8 Å². The molecule has 0 aliphatic heterocycles. The van der Waals surface area contributed by atoms with Gasteiger partial charge < -0.3 is 4.98 Å². The summed E-state index contributed by atoms with van der Waals surface area (Å²) in [5.74, 6) is -0.0111. The second kappa shape index (κ2) is 3.25. The first-order chi connectivity index (χ1) is 6.70. The number of alkyl halides is 1. The molecule has 72 valence electrons. The number of carbonyl (C=O) groups is 1. The fourth-order valence-electron chi connectivity index (χ4n) is 1.45. The minimum Gasteiger partial charge on any atom is -0.352 e. The highest BCUT2D eigenvalue weighted by atomic mass is 19.1. The number of hydrogen-bond acceptors (Lipinski definition) is 1. The molecule has 0 aliphatic rings. The lowest BCUT2D eigenvalue weighted by atomic mass is 10.2. The van der Waals surface area contributed by atoms with E-state index < -0.39 is 6.67 Å². The van der Waals surface area contributed by atoms with Crippen LogP contribution in [0.3, 0.4) is 0 Å². The van der Waals surface area contributed by atoms with Gasteiger partial charge in [-0.25, -0.2) is 4.39 Å². The Balaban J connectivity index is 2.60. The van der Waals surface area contributed by atoms with Crippen molar-refractivity contribution in [3.05, 3.63) is 35.5 Å². The molecule has 0 fully saturated rings. The molecule has 1 N–H and O–H groups in total. The van der Waals surface area contributed by atoms with Crippen LogP contribution in [0.1, 0.15) is 23.0 Å². The molecule has 0 saturated heterocycles. The van der Waals surface area contributed by atoms with Crippen molar-refractivity contribution in [1.82, 2.24) is 4.98 Å². The van der Waals surface area contributed by atoms with E-state index in [9.17, 15) is 9.18 Å². The molecule has 0 atom stereocenters. The molecule has 0 unspecified atom stereocenters. The Bertz CT molecular complexity index is 487. The minimum atomic E-state index is -0.476. The topological polar surface area (TPSA) is 32.9 Å². The van der Waals surface area contributed by atoms with E-state index in [0.717, 1.165) is 10.9 Å². The number of H-pyrrole nitrogens is 1. The monoisotopic (exact) mass is 191 g/mol. The van der Waals surface area contributed by atoms with Crippen LogP contribution in [0.2, 0.25) is 0 Å². The number of ketones is 1. The zero-order chi connectivity index (χ0) is 10.1. The third kappa shape index (κ3) is 1.41. The van der Waals surface area contributed by atoms with Gasteiger partial charge >= 0.3 is 0 Å². The lowest BCUT2D eigenvalue weighted by Gasteiger charge is -1.93. The lowest BCUT2D eigenvalue weighted by molar-refractivity contribution is 0.101. The van der Waals surface area contributed by atoms with Crippen molar-refractivity contribution in [1.29, 1.82) is 0 Å². The number of rotatable bonds is 2. The third-order valence-electron chi connectivity index (χ3n) is 2.22. The quantitative estimate of drug-likeness (QED) is 0.727. The van der Waals surface area contributed by atoms with E-state index in [1.54, 1.807) is 24.3 Å². The average molecular weight is 191 g/mol. The second-order valence-corrected chi connectivity index (χ2v) is 3.29. The maximum Gasteiger partial charge on any atom is 0.175 e. The molecule has 1 aromatic carbocycles. The van der Waals surface area contributed by atoms with Crippen LogP contribution in [0.25, 0.3) is 10.9 Å². The summed E-state index contributed by atoms with van der Waals surface area (Å²) in [6.45, 7) is 1.03. The van der Waals surface area contributed by atoms with E-state index in [4.69, 9.17) is 0 Å². The zero-order valence-corrected chi connectivity index (χ0v) is 7.80. The van der Waals surface area contributed by atoms with Gasteiger partial charge in [0.05, 0.1) is 5.69 Å². The summed E-state index contributed by atoms with van der Waals surface area (Å²) in [5, 5.41) is 0.880. The highest BCUT2D eigenvalue weighted by molar-refractivity contribution is 5.97. The van der Waals surface area contributed by atoms with Crippen LogP contribution in [-0.2, 0) is 6.67 Å². The van der Waals surface area contributed by atoms with Gasteiger partial charge in [0.15, 0.2) is 5.78 Å². The molecule has 1 heterocycles. The smallest absolute Gasteiger partial charge is 0.175 e. The van der Waals surface area contributed by atoms with Gasteiger partial charge in [0.1, 0.15) is 6.67 Å². The summed E-state index contributed by atoms with van der Waals surface area (Å²) >= 11 is 0. The normalized spacial score (nSPS) is 10.7. The van der Waals surface area contributed by atoms with Crippen molar-refractivity contribution in [3.63, 3.8) is 0 Å². The number of fused-ring (bicyclic) bond motifs is 1. The van der Waals surface area contributed by atoms with Crippen molar-refractivity contribution in [3.8, 4) is 0 Å². The fraction of sp³-hybridized carbons (Fsp3) is 0.182. The molecule has 0 saturated carbocycles. The van der Waals surface area contributed by atoms with Crippen LogP contribution in [0.4, 0.5) is 4.39 Å². The molecule has 0 spiro atoms. The molecule has 2 nitrogen and oxygen atoms in total. The van der Waals surface area contributed by atoms with Crippen LogP contribution in [0.15, 0.2) is 24.3 Å². The highest BCUT2D eigenvalue weighted by Crippen LogP contribution is 2.18. The van der Waals surface area contributed by atoms with Crippen LogP contribution in [-0.4, -0.2) is 10.8 Å². The van der Waals surface area contributed by atoms with E-state index in [-0.39, 0.29) is 5.78 Å². The SMILES string of the molecule is CC(=O)c1cc2cc(CF)ccc2[nH]1. The first kappa shape index (κ1) is 8.94.